The van der Waals surface area contributed by atoms with Gasteiger partial charge in [0.1, 0.15) is 18.6 Å². The predicted molar refractivity (Wildman–Crippen MR) is 104 cm³/mol. The van der Waals surface area contributed by atoms with E-state index in [-0.39, 0.29) is 23.5 Å². The lowest BCUT2D eigenvalue weighted by Crippen LogP contribution is -2.49. The molecule has 0 aliphatic rings. The van der Waals surface area contributed by atoms with Gasteiger partial charge in [-0.15, -0.1) is 0 Å². The molecule has 0 saturated carbocycles. The molecular weight excluding hydrogens is 426 g/mol. The van der Waals surface area contributed by atoms with E-state index in [1.54, 1.807) is 6.07 Å². The van der Waals surface area contributed by atoms with Crippen LogP contribution < -0.4 is 16.4 Å². The van der Waals surface area contributed by atoms with Crippen molar-refractivity contribution in [3.8, 4) is 0 Å². The summed E-state index contributed by atoms with van der Waals surface area (Å²) in [6, 6.07) is 4.80. The van der Waals surface area contributed by atoms with E-state index in [1.807, 2.05) is 0 Å². The van der Waals surface area contributed by atoms with Gasteiger partial charge in [-0.3, -0.25) is 19.2 Å². The van der Waals surface area contributed by atoms with Gasteiger partial charge in [0.15, 0.2) is 0 Å². The summed E-state index contributed by atoms with van der Waals surface area (Å²) in [5.41, 5.74) is 5.31. The molecule has 0 unspecified atom stereocenters. The van der Waals surface area contributed by atoms with Crippen molar-refractivity contribution in [3.63, 3.8) is 0 Å². The van der Waals surface area contributed by atoms with E-state index in [4.69, 9.17) is 15.9 Å². The summed E-state index contributed by atoms with van der Waals surface area (Å²) in [7, 11) is -3.42. The number of nitrogens with one attached hydrogen (secondary N) is 2. The predicted octanol–water partition coefficient (Wildman–Crippen LogP) is -1.01. The molecule has 2 atom stereocenters. The molecule has 2 amide bonds. The molecule has 1 rings (SSSR count). The lowest BCUT2D eigenvalue weighted by atomic mass is 10.1. The number of hydrogen-bond acceptors (Lipinski definition) is 8. The number of benzene rings is 1. The summed E-state index contributed by atoms with van der Waals surface area (Å²) in [4.78, 5) is 45.5. The first-order chi connectivity index (χ1) is 13.5. The van der Waals surface area contributed by atoms with Crippen LogP contribution in [0.25, 0.3) is 0 Å². The minimum atomic E-state index is -3.82. The summed E-state index contributed by atoms with van der Waals surface area (Å²) < 4.78 is 24.7. The standard InChI is InChI=1S/C16H21N3O8S2/c17-11(16(24)25)6-7-13(20)19-12(15(23)18-8-14(21)22)9-28-29(26,27)10-4-2-1-3-5-10/h1-5,11-12H,6-9,17H2,(H,18,23)(H,19,20)(H,21,22)(H,24,25)/t11-,12-/m0/s1. The maximum Gasteiger partial charge on any atom is 0.322 e. The number of nitrogens with two attached hydrogens (primary N) is 1. The Morgan fingerprint density at radius 3 is 2.28 bits per heavy atom. The Balaban J connectivity index is 2.80. The van der Waals surface area contributed by atoms with Crippen LogP contribution in [0.2, 0.25) is 0 Å². The molecule has 1 aromatic rings. The maximum absolute atomic E-state index is 12.3. The van der Waals surface area contributed by atoms with E-state index in [2.05, 4.69) is 10.6 Å². The largest absolute Gasteiger partial charge is 0.480 e. The minimum absolute atomic E-state index is 0.00783. The first-order valence-corrected chi connectivity index (χ1v) is 11.2. The van der Waals surface area contributed by atoms with Crippen LogP contribution in [0.15, 0.2) is 35.2 Å². The highest BCUT2D eigenvalue weighted by atomic mass is 33.1. The number of rotatable bonds is 12. The van der Waals surface area contributed by atoms with Crippen molar-refractivity contribution in [2.45, 2.75) is 29.8 Å². The van der Waals surface area contributed by atoms with Gasteiger partial charge in [0.05, 0.1) is 4.90 Å². The van der Waals surface area contributed by atoms with Crippen LogP contribution in [0, 0.1) is 0 Å². The maximum atomic E-state index is 12.3. The van der Waals surface area contributed by atoms with E-state index < -0.39 is 51.3 Å². The van der Waals surface area contributed by atoms with Crippen LogP contribution in [0.4, 0.5) is 0 Å². The zero-order chi connectivity index (χ0) is 22.0. The molecule has 13 heteroatoms. The molecule has 0 bridgehead atoms. The van der Waals surface area contributed by atoms with Gasteiger partial charge < -0.3 is 26.6 Å². The summed E-state index contributed by atoms with van der Waals surface area (Å²) in [5.74, 6) is -4.62. The van der Waals surface area contributed by atoms with Gasteiger partial charge in [-0.05, 0) is 29.3 Å². The molecule has 0 heterocycles. The van der Waals surface area contributed by atoms with Gasteiger partial charge in [0.25, 0.3) is 0 Å². The highest BCUT2D eigenvalue weighted by molar-refractivity contribution is 8.72. The van der Waals surface area contributed by atoms with Crippen molar-refractivity contribution >= 4 is 43.4 Å². The van der Waals surface area contributed by atoms with Gasteiger partial charge in [-0.25, -0.2) is 8.42 Å². The van der Waals surface area contributed by atoms with E-state index >= 15 is 0 Å². The van der Waals surface area contributed by atoms with E-state index in [9.17, 15) is 27.6 Å². The molecule has 1 aromatic carbocycles. The second kappa shape index (κ2) is 11.4. The molecule has 0 aliphatic carbocycles. The fourth-order valence-corrected chi connectivity index (χ4v) is 4.82. The van der Waals surface area contributed by atoms with Crippen LogP contribution in [0.5, 0.6) is 0 Å². The van der Waals surface area contributed by atoms with Crippen LogP contribution in [0.3, 0.4) is 0 Å². The number of amides is 2. The van der Waals surface area contributed by atoms with E-state index in [0.29, 0.717) is 10.8 Å². The number of carbonyl (C=O) groups is 4. The average Bonchev–Trinajstić information content (AvgIpc) is 2.67. The van der Waals surface area contributed by atoms with Crippen LogP contribution >= 0.6 is 10.8 Å². The molecular formula is C16H21N3O8S2. The van der Waals surface area contributed by atoms with E-state index in [0.717, 1.165) is 0 Å². The molecule has 0 aliphatic heterocycles. The molecule has 0 radical (unpaired) electrons. The van der Waals surface area contributed by atoms with Crippen LogP contribution in [0.1, 0.15) is 12.8 Å². The average molecular weight is 447 g/mol. The number of carbonyl (C=O) groups excluding carboxylic acids is 2. The van der Waals surface area contributed by atoms with Gasteiger partial charge in [0.2, 0.25) is 20.7 Å². The molecule has 0 fully saturated rings. The molecule has 11 nitrogen and oxygen atoms in total. The fourth-order valence-electron chi connectivity index (χ4n) is 1.96. The smallest absolute Gasteiger partial charge is 0.322 e. The van der Waals surface area contributed by atoms with Crippen molar-refractivity contribution in [2.24, 2.45) is 5.73 Å². The molecule has 0 aromatic heterocycles. The van der Waals surface area contributed by atoms with Crippen molar-refractivity contribution in [2.75, 3.05) is 12.3 Å². The van der Waals surface area contributed by atoms with E-state index in [1.165, 1.54) is 24.3 Å². The van der Waals surface area contributed by atoms with Gasteiger partial charge in [-0.2, -0.15) is 0 Å². The molecule has 6 N–H and O–H groups in total. The third-order valence-corrected chi connectivity index (χ3v) is 7.03. The zero-order valence-electron chi connectivity index (χ0n) is 15.1. The fraction of sp³-hybridized carbons (Fsp3) is 0.375. The Morgan fingerprint density at radius 1 is 1.10 bits per heavy atom. The number of carboxylic acids is 2. The molecule has 0 saturated heterocycles. The Kier molecular flexibility index (Phi) is 9.58. The van der Waals surface area contributed by atoms with Crippen LogP contribution in [-0.2, 0) is 28.0 Å². The highest BCUT2D eigenvalue weighted by Gasteiger charge is 2.26. The SMILES string of the molecule is N[C@@H](CCC(=O)N[C@@H](CSS(=O)(=O)c1ccccc1)C(=O)NCC(=O)O)C(=O)O. The highest BCUT2D eigenvalue weighted by Crippen LogP contribution is 2.23. The number of aliphatic carboxylic acids is 2. The Labute approximate surface area is 170 Å². The van der Waals surface area contributed by atoms with Gasteiger partial charge >= 0.3 is 11.9 Å². The number of carboxylic acid groups (broad SMARTS) is 2. The summed E-state index contributed by atoms with van der Waals surface area (Å²) in [5, 5.41) is 21.7. The van der Waals surface area contributed by atoms with Crippen molar-refractivity contribution in [3.05, 3.63) is 30.3 Å². The number of hydrogen-bond donors (Lipinski definition) is 5. The molecule has 160 valence electrons. The summed E-state index contributed by atoms with van der Waals surface area (Å²) in [6.07, 6.45) is -0.508. The second-order valence-electron chi connectivity index (χ2n) is 5.77. The lowest BCUT2D eigenvalue weighted by Gasteiger charge is -2.18. The van der Waals surface area contributed by atoms with Crippen molar-refractivity contribution < 1.29 is 37.8 Å². The monoisotopic (exact) mass is 447 g/mol. The lowest BCUT2D eigenvalue weighted by molar-refractivity contribution is -0.139. The topological polar surface area (TPSA) is 193 Å². The second-order valence-corrected chi connectivity index (χ2v) is 9.74. The van der Waals surface area contributed by atoms with Crippen molar-refractivity contribution in [1.29, 1.82) is 0 Å². The Bertz CT molecular complexity index is 845. The van der Waals surface area contributed by atoms with Crippen LogP contribution in [-0.4, -0.2) is 66.8 Å². The molecule has 0 spiro atoms. The Morgan fingerprint density at radius 2 is 1.72 bits per heavy atom. The third-order valence-electron chi connectivity index (χ3n) is 3.49. The first kappa shape index (κ1) is 24.4. The zero-order valence-corrected chi connectivity index (χ0v) is 16.7. The Hall–Kier alpha value is -2.64. The summed E-state index contributed by atoms with van der Waals surface area (Å²) >= 11 is 0. The normalized spacial score (nSPS) is 13.1. The molecule has 29 heavy (non-hydrogen) atoms. The van der Waals surface area contributed by atoms with Gasteiger partial charge in [-0.1, -0.05) is 18.2 Å². The minimum Gasteiger partial charge on any atom is -0.480 e. The quantitative estimate of drug-likeness (QED) is 0.248. The third kappa shape index (κ3) is 8.93. The van der Waals surface area contributed by atoms with Gasteiger partial charge in [0, 0.05) is 12.2 Å². The summed E-state index contributed by atoms with van der Waals surface area (Å²) in [6.45, 7) is -0.717. The first-order valence-electron chi connectivity index (χ1n) is 8.24. The van der Waals surface area contributed by atoms with Crippen molar-refractivity contribution in [1.82, 2.24) is 10.6 Å².